The first-order valence-corrected chi connectivity index (χ1v) is 9.97. The predicted octanol–water partition coefficient (Wildman–Crippen LogP) is 1.83. The van der Waals surface area contributed by atoms with Crippen molar-refractivity contribution in [2.24, 2.45) is 5.92 Å². The Kier molecular flexibility index (Phi) is 6.72. The number of benzene rings is 1. The standard InChI is InChI=1S/C21H31N3O3/c1-23-19(15-27-2)17(10-11-20(23)25)21(26)22-12-6-14-24-13-5-8-16-7-3-4-9-18(16)24/h3-4,7,9,17,19H,5-6,8,10-15H2,1-2H3,(H,22,26)/t17-,19-/m1/s1. The summed E-state index contributed by atoms with van der Waals surface area (Å²) in [5.41, 5.74) is 2.76. The van der Waals surface area contributed by atoms with Crippen molar-refractivity contribution in [3.63, 3.8) is 0 Å². The average molecular weight is 373 g/mol. The molecule has 1 fully saturated rings. The molecule has 2 atom stereocenters. The lowest BCUT2D eigenvalue weighted by molar-refractivity contribution is -0.143. The van der Waals surface area contributed by atoms with Gasteiger partial charge >= 0.3 is 0 Å². The maximum Gasteiger partial charge on any atom is 0.225 e. The van der Waals surface area contributed by atoms with Crippen molar-refractivity contribution in [2.45, 2.75) is 38.1 Å². The molecule has 1 aromatic rings. The van der Waals surface area contributed by atoms with Crippen molar-refractivity contribution >= 4 is 17.5 Å². The van der Waals surface area contributed by atoms with Crippen molar-refractivity contribution in [3.8, 4) is 0 Å². The maximum atomic E-state index is 12.7. The quantitative estimate of drug-likeness (QED) is 0.741. The fourth-order valence-electron chi connectivity index (χ4n) is 4.26. The predicted molar refractivity (Wildman–Crippen MR) is 106 cm³/mol. The molecule has 2 aliphatic rings. The highest BCUT2D eigenvalue weighted by atomic mass is 16.5. The zero-order chi connectivity index (χ0) is 19.2. The van der Waals surface area contributed by atoms with Gasteiger partial charge < -0.3 is 19.9 Å². The van der Waals surface area contributed by atoms with Crippen LogP contribution in [0.3, 0.4) is 0 Å². The minimum Gasteiger partial charge on any atom is -0.383 e. The van der Waals surface area contributed by atoms with E-state index in [1.54, 1.807) is 19.1 Å². The van der Waals surface area contributed by atoms with Gasteiger partial charge in [0.1, 0.15) is 0 Å². The van der Waals surface area contributed by atoms with Crippen LogP contribution in [-0.4, -0.2) is 63.2 Å². The Morgan fingerprint density at radius 1 is 1.30 bits per heavy atom. The zero-order valence-electron chi connectivity index (χ0n) is 16.4. The SMILES string of the molecule is COC[C@@H]1[C@H](C(=O)NCCCN2CCCc3ccccc32)CCC(=O)N1C. The normalized spacial score (nSPS) is 22.5. The van der Waals surface area contributed by atoms with Crippen LogP contribution in [0, 0.1) is 5.92 Å². The number of nitrogens with zero attached hydrogens (tertiary/aromatic N) is 2. The van der Waals surface area contributed by atoms with E-state index in [1.807, 2.05) is 0 Å². The third-order valence-corrected chi connectivity index (χ3v) is 5.81. The molecule has 0 spiro atoms. The first-order chi connectivity index (χ1) is 13.1. The summed E-state index contributed by atoms with van der Waals surface area (Å²) >= 11 is 0. The van der Waals surface area contributed by atoms with Crippen LogP contribution in [0.5, 0.6) is 0 Å². The molecule has 2 amide bonds. The van der Waals surface area contributed by atoms with Crippen LogP contribution in [0.15, 0.2) is 24.3 Å². The monoisotopic (exact) mass is 373 g/mol. The van der Waals surface area contributed by atoms with Crippen LogP contribution < -0.4 is 10.2 Å². The molecule has 27 heavy (non-hydrogen) atoms. The number of anilines is 1. The van der Waals surface area contributed by atoms with E-state index in [2.05, 4.69) is 34.5 Å². The second kappa shape index (κ2) is 9.22. The average Bonchev–Trinajstić information content (AvgIpc) is 2.69. The lowest BCUT2D eigenvalue weighted by Gasteiger charge is -2.37. The van der Waals surface area contributed by atoms with Crippen molar-refractivity contribution in [1.82, 2.24) is 10.2 Å². The van der Waals surface area contributed by atoms with Gasteiger partial charge in [-0.1, -0.05) is 18.2 Å². The Hall–Kier alpha value is -2.08. The fraction of sp³-hybridized carbons (Fsp3) is 0.619. The highest BCUT2D eigenvalue weighted by molar-refractivity contribution is 5.84. The summed E-state index contributed by atoms with van der Waals surface area (Å²) in [6, 6.07) is 8.42. The summed E-state index contributed by atoms with van der Waals surface area (Å²) in [5, 5.41) is 3.08. The summed E-state index contributed by atoms with van der Waals surface area (Å²) in [7, 11) is 3.37. The molecular formula is C21H31N3O3. The Balaban J connectivity index is 1.48. The van der Waals surface area contributed by atoms with Gasteiger partial charge in [0, 0.05) is 45.9 Å². The van der Waals surface area contributed by atoms with Crippen LogP contribution in [0.25, 0.3) is 0 Å². The van der Waals surface area contributed by atoms with Crippen molar-refractivity contribution < 1.29 is 14.3 Å². The highest BCUT2D eigenvalue weighted by Gasteiger charge is 2.37. The van der Waals surface area contributed by atoms with E-state index in [0.29, 0.717) is 26.0 Å². The maximum absolute atomic E-state index is 12.7. The zero-order valence-corrected chi connectivity index (χ0v) is 16.4. The van der Waals surface area contributed by atoms with E-state index in [4.69, 9.17) is 4.74 Å². The van der Waals surface area contributed by atoms with Gasteiger partial charge in [-0.25, -0.2) is 0 Å². The van der Waals surface area contributed by atoms with E-state index in [0.717, 1.165) is 25.9 Å². The molecular weight excluding hydrogens is 342 g/mol. The minimum atomic E-state index is -0.191. The van der Waals surface area contributed by atoms with E-state index < -0.39 is 0 Å². The Bertz CT molecular complexity index is 664. The number of methoxy groups -OCH3 is 1. The Labute approximate surface area is 161 Å². The summed E-state index contributed by atoms with van der Waals surface area (Å²) in [6.07, 6.45) is 4.28. The number of nitrogens with one attached hydrogen (secondary N) is 1. The summed E-state index contributed by atoms with van der Waals surface area (Å²) in [5.74, 6) is -0.0660. The third kappa shape index (κ3) is 4.61. The number of rotatable bonds is 7. The number of ether oxygens (including phenoxy) is 1. The van der Waals surface area contributed by atoms with Crippen LogP contribution in [0.4, 0.5) is 5.69 Å². The minimum absolute atomic E-state index is 0.0374. The number of carbonyl (C=O) groups is 2. The number of piperidine rings is 1. The number of aryl methyl sites for hydroxylation is 1. The second-order valence-corrected chi connectivity index (χ2v) is 7.54. The number of likely N-dealkylation sites (N-methyl/N-ethyl adjacent to an activating group) is 1. The van der Waals surface area contributed by atoms with Gasteiger partial charge in [0.05, 0.1) is 18.6 Å². The molecule has 3 rings (SSSR count). The van der Waals surface area contributed by atoms with E-state index in [-0.39, 0.29) is 23.8 Å². The second-order valence-electron chi connectivity index (χ2n) is 7.54. The molecule has 0 unspecified atom stereocenters. The molecule has 6 heteroatoms. The molecule has 0 aromatic heterocycles. The summed E-state index contributed by atoms with van der Waals surface area (Å²) in [4.78, 5) is 28.7. The number of hydrogen-bond donors (Lipinski definition) is 1. The largest absolute Gasteiger partial charge is 0.383 e. The molecule has 0 bridgehead atoms. The topological polar surface area (TPSA) is 61.9 Å². The van der Waals surface area contributed by atoms with Crippen molar-refractivity contribution in [3.05, 3.63) is 29.8 Å². The molecule has 1 N–H and O–H groups in total. The molecule has 2 heterocycles. The Morgan fingerprint density at radius 3 is 2.93 bits per heavy atom. The van der Waals surface area contributed by atoms with Gasteiger partial charge in [-0.15, -0.1) is 0 Å². The lowest BCUT2D eigenvalue weighted by Crippen LogP contribution is -2.53. The third-order valence-electron chi connectivity index (χ3n) is 5.81. The van der Waals surface area contributed by atoms with E-state index >= 15 is 0 Å². The van der Waals surface area contributed by atoms with Gasteiger partial charge in [-0.05, 0) is 37.3 Å². The van der Waals surface area contributed by atoms with Gasteiger partial charge in [-0.3, -0.25) is 9.59 Å². The number of amides is 2. The molecule has 0 saturated carbocycles. The first-order valence-electron chi connectivity index (χ1n) is 9.97. The number of para-hydroxylation sites is 1. The number of fused-ring (bicyclic) bond motifs is 1. The number of likely N-dealkylation sites (tertiary alicyclic amines) is 1. The van der Waals surface area contributed by atoms with Gasteiger partial charge in [0.15, 0.2) is 0 Å². The van der Waals surface area contributed by atoms with E-state index in [9.17, 15) is 9.59 Å². The molecule has 0 radical (unpaired) electrons. The smallest absolute Gasteiger partial charge is 0.225 e. The highest BCUT2D eigenvalue weighted by Crippen LogP contribution is 2.27. The van der Waals surface area contributed by atoms with Gasteiger partial charge in [-0.2, -0.15) is 0 Å². The van der Waals surface area contributed by atoms with Gasteiger partial charge in [0.25, 0.3) is 0 Å². The van der Waals surface area contributed by atoms with Gasteiger partial charge in [0.2, 0.25) is 11.8 Å². The van der Waals surface area contributed by atoms with Crippen molar-refractivity contribution in [2.75, 3.05) is 45.3 Å². The van der Waals surface area contributed by atoms with Crippen LogP contribution in [0.1, 0.15) is 31.2 Å². The van der Waals surface area contributed by atoms with Crippen molar-refractivity contribution in [1.29, 1.82) is 0 Å². The number of carbonyl (C=O) groups excluding carboxylic acids is 2. The molecule has 1 saturated heterocycles. The summed E-state index contributed by atoms with van der Waals surface area (Å²) < 4.78 is 5.24. The van der Waals surface area contributed by atoms with Crippen LogP contribution in [-0.2, 0) is 20.7 Å². The van der Waals surface area contributed by atoms with E-state index in [1.165, 1.54) is 17.7 Å². The molecule has 1 aromatic carbocycles. The number of hydrogen-bond acceptors (Lipinski definition) is 4. The fourth-order valence-corrected chi connectivity index (χ4v) is 4.26. The molecule has 6 nitrogen and oxygen atoms in total. The molecule has 0 aliphatic carbocycles. The van der Waals surface area contributed by atoms with Crippen LogP contribution in [0.2, 0.25) is 0 Å². The van der Waals surface area contributed by atoms with Crippen LogP contribution >= 0.6 is 0 Å². The molecule has 2 aliphatic heterocycles. The Morgan fingerprint density at radius 2 is 2.11 bits per heavy atom. The lowest BCUT2D eigenvalue weighted by atomic mass is 9.88. The first kappa shape index (κ1) is 19.7. The summed E-state index contributed by atoms with van der Waals surface area (Å²) in [6.45, 7) is 3.08. The molecule has 148 valence electrons.